The van der Waals surface area contributed by atoms with Gasteiger partial charge in [0, 0.05) is 31.6 Å². The fourth-order valence-electron chi connectivity index (χ4n) is 4.35. The molecule has 0 saturated carbocycles. The average molecular weight is 495 g/mol. The Labute approximate surface area is 202 Å². The summed E-state index contributed by atoms with van der Waals surface area (Å²) < 4.78 is 29.5. The predicted octanol–water partition coefficient (Wildman–Crippen LogP) is 3.71. The maximum Gasteiger partial charge on any atom is 0.275 e. The first-order valence-corrected chi connectivity index (χ1v) is 13.5. The molecule has 2 aromatic carbocycles. The van der Waals surface area contributed by atoms with Crippen molar-refractivity contribution in [3.8, 4) is 10.6 Å². The van der Waals surface area contributed by atoms with E-state index in [0.717, 1.165) is 27.1 Å². The molecule has 1 aliphatic rings. The van der Waals surface area contributed by atoms with Gasteiger partial charge < -0.3 is 0 Å². The van der Waals surface area contributed by atoms with Crippen LogP contribution in [0.5, 0.6) is 0 Å². The molecule has 0 bridgehead atoms. The Kier molecular flexibility index (Phi) is 6.11. The number of fused-ring (bicyclic) bond motifs is 1. The summed E-state index contributed by atoms with van der Waals surface area (Å²) >= 11 is 1.59. The molecule has 7 nitrogen and oxygen atoms in total. The number of piperazine rings is 1. The van der Waals surface area contributed by atoms with Gasteiger partial charge in [0.25, 0.3) is 5.56 Å². The molecule has 0 aliphatic carbocycles. The lowest BCUT2D eigenvalue weighted by molar-refractivity contribution is 0.143. The van der Waals surface area contributed by atoms with Crippen molar-refractivity contribution in [3.05, 3.63) is 81.5 Å². The van der Waals surface area contributed by atoms with Crippen molar-refractivity contribution >= 4 is 32.1 Å². The summed E-state index contributed by atoms with van der Waals surface area (Å²) in [6, 6.07) is 17.0. The summed E-state index contributed by atoms with van der Waals surface area (Å²) in [5.41, 5.74) is 2.33. The second-order valence-electron chi connectivity index (χ2n) is 8.61. The van der Waals surface area contributed by atoms with E-state index in [1.807, 2.05) is 67.8 Å². The van der Waals surface area contributed by atoms with Gasteiger partial charge in [-0.15, -0.1) is 11.3 Å². The molecule has 0 spiro atoms. The van der Waals surface area contributed by atoms with Crippen molar-refractivity contribution in [2.45, 2.75) is 25.4 Å². The molecule has 0 atom stereocenters. The molecular weight excluding hydrogens is 468 g/mol. The van der Waals surface area contributed by atoms with Crippen LogP contribution in [0.15, 0.2) is 69.7 Å². The first-order chi connectivity index (χ1) is 16.3. The Balaban J connectivity index is 1.38. The quantitative estimate of drug-likeness (QED) is 0.423. The number of thiophene rings is 1. The maximum absolute atomic E-state index is 13.2. The second-order valence-corrected chi connectivity index (χ2v) is 11.5. The van der Waals surface area contributed by atoms with Crippen LogP contribution in [0, 0.1) is 13.8 Å². The lowest BCUT2D eigenvalue weighted by atomic mass is 10.1. The fraction of sp³-hybridized carbons (Fsp3) is 0.280. The Bertz CT molecular complexity index is 1500. The van der Waals surface area contributed by atoms with Crippen LogP contribution in [-0.4, -0.2) is 53.6 Å². The Hall–Kier alpha value is -2.85. The summed E-state index contributed by atoms with van der Waals surface area (Å²) in [6.45, 7) is 5.84. The first-order valence-electron chi connectivity index (χ1n) is 11.2. The van der Waals surface area contributed by atoms with E-state index in [4.69, 9.17) is 5.10 Å². The van der Waals surface area contributed by atoms with Gasteiger partial charge in [-0.1, -0.05) is 36.4 Å². The highest BCUT2D eigenvalue weighted by Crippen LogP contribution is 2.28. The average Bonchev–Trinajstić information content (AvgIpc) is 3.37. The molecule has 1 aliphatic heterocycles. The van der Waals surface area contributed by atoms with Gasteiger partial charge in [-0.05, 0) is 48.6 Å². The molecule has 34 heavy (non-hydrogen) atoms. The highest BCUT2D eigenvalue weighted by Gasteiger charge is 2.30. The number of nitrogens with zero attached hydrogens (tertiary/aromatic N) is 4. The largest absolute Gasteiger partial charge is 0.282 e. The maximum atomic E-state index is 13.2. The molecule has 0 radical (unpaired) electrons. The molecular formula is C25H26N4O3S2. The van der Waals surface area contributed by atoms with Crippen molar-refractivity contribution in [3.63, 3.8) is 0 Å². The Morgan fingerprint density at radius 1 is 0.941 bits per heavy atom. The smallest absolute Gasteiger partial charge is 0.275 e. The molecule has 9 heteroatoms. The number of hydrogen-bond acceptors (Lipinski definition) is 6. The summed E-state index contributed by atoms with van der Waals surface area (Å²) in [7, 11) is -3.56. The van der Waals surface area contributed by atoms with Gasteiger partial charge in [0.2, 0.25) is 10.0 Å². The van der Waals surface area contributed by atoms with Crippen molar-refractivity contribution in [2.24, 2.45) is 0 Å². The van der Waals surface area contributed by atoms with Crippen molar-refractivity contribution < 1.29 is 8.42 Å². The number of aromatic nitrogens is 2. The van der Waals surface area contributed by atoms with E-state index >= 15 is 0 Å². The number of hydrogen-bond donors (Lipinski definition) is 0. The van der Waals surface area contributed by atoms with Crippen LogP contribution >= 0.6 is 11.3 Å². The van der Waals surface area contributed by atoms with E-state index in [2.05, 4.69) is 4.90 Å². The molecule has 0 amide bonds. The van der Waals surface area contributed by atoms with Crippen LogP contribution in [0.4, 0.5) is 0 Å². The topological polar surface area (TPSA) is 75.5 Å². The van der Waals surface area contributed by atoms with Crippen LogP contribution in [0.3, 0.4) is 0 Å². The third-order valence-electron chi connectivity index (χ3n) is 6.25. The SMILES string of the molecule is Cc1ccc(C)c(S(=O)(=O)N2CCN(Cn3nc(-c4cccs4)c4ccccc4c3=O)CC2)c1. The summed E-state index contributed by atoms with van der Waals surface area (Å²) in [4.78, 5) is 16.6. The summed E-state index contributed by atoms with van der Waals surface area (Å²) in [5, 5.41) is 8.19. The minimum atomic E-state index is -3.56. The van der Waals surface area contributed by atoms with Crippen molar-refractivity contribution in [1.29, 1.82) is 0 Å². The van der Waals surface area contributed by atoms with Gasteiger partial charge in [-0.3, -0.25) is 9.69 Å². The van der Waals surface area contributed by atoms with E-state index in [-0.39, 0.29) is 5.56 Å². The third kappa shape index (κ3) is 4.20. The Morgan fingerprint density at radius 2 is 1.68 bits per heavy atom. The summed E-state index contributed by atoms with van der Waals surface area (Å²) in [6.07, 6.45) is 0. The standard InChI is InChI=1S/C25H26N4O3S2/c1-18-9-10-19(2)23(16-18)34(31,32)28-13-11-27(12-14-28)17-29-25(30)21-7-4-3-6-20(21)24(26-29)22-8-5-15-33-22/h3-10,15-16H,11-14,17H2,1-2H3. The van der Waals surface area contributed by atoms with Gasteiger partial charge in [-0.25, -0.2) is 13.1 Å². The van der Waals surface area contributed by atoms with Crippen LogP contribution in [0.2, 0.25) is 0 Å². The number of aryl methyl sites for hydroxylation is 2. The van der Waals surface area contributed by atoms with E-state index in [0.29, 0.717) is 43.1 Å². The highest BCUT2D eigenvalue weighted by molar-refractivity contribution is 7.89. The zero-order valence-electron chi connectivity index (χ0n) is 19.1. The van der Waals surface area contributed by atoms with Gasteiger partial charge >= 0.3 is 0 Å². The van der Waals surface area contributed by atoms with Gasteiger partial charge in [-0.2, -0.15) is 9.40 Å². The zero-order valence-corrected chi connectivity index (χ0v) is 20.8. The van der Waals surface area contributed by atoms with Crippen molar-refractivity contribution in [1.82, 2.24) is 19.0 Å². The van der Waals surface area contributed by atoms with Crippen LogP contribution in [0.25, 0.3) is 21.3 Å². The molecule has 3 heterocycles. The van der Waals surface area contributed by atoms with Crippen LogP contribution in [-0.2, 0) is 16.7 Å². The summed E-state index contributed by atoms with van der Waals surface area (Å²) in [5.74, 6) is 0. The lowest BCUT2D eigenvalue weighted by Gasteiger charge is -2.34. The minimum absolute atomic E-state index is 0.138. The highest BCUT2D eigenvalue weighted by atomic mass is 32.2. The molecule has 5 rings (SSSR count). The predicted molar refractivity (Wildman–Crippen MR) is 136 cm³/mol. The normalized spacial score (nSPS) is 15.7. The third-order valence-corrected chi connectivity index (χ3v) is 9.17. The van der Waals surface area contributed by atoms with E-state index in [1.54, 1.807) is 21.7 Å². The van der Waals surface area contributed by atoms with Crippen LogP contribution in [0.1, 0.15) is 11.1 Å². The van der Waals surface area contributed by atoms with E-state index in [9.17, 15) is 13.2 Å². The number of benzene rings is 2. The molecule has 176 valence electrons. The molecule has 0 N–H and O–H groups in total. The van der Waals surface area contributed by atoms with Crippen molar-refractivity contribution in [2.75, 3.05) is 26.2 Å². The van der Waals surface area contributed by atoms with Gasteiger partial charge in [0.05, 0.1) is 21.8 Å². The van der Waals surface area contributed by atoms with E-state index < -0.39 is 10.0 Å². The minimum Gasteiger partial charge on any atom is -0.282 e. The zero-order chi connectivity index (χ0) is 23.9. The molecule has 1 saturated heterocycles. The van der Waals surface area contributed by atoms with E-state index in [1.165, 1.54) is 4.68 Å². The van der Waals surface area contributed by atoms with Gasteiger partial charge in [0.15, 0.2) is 0 Å². The fourth-order valence-corrected chi connectivity index (χ4v) is 6.81. The molecule has 4 aromatic rings. The Morgan fingerprint density at radius 3 is 2.38 bits per heavy atom. The monoisotopic (exact) mass is 494 g/mol. The van der Waals surface area contributed by atoms with Gasteiger partial charge in [0.1, 0.15) is 5.69 Å². The molecule has 2 aromatic heterocycles. The molecule has 0 unspecified atom stereocenters. The number of sulfonamides is 1. The number of rotatable bonds is 5. The molecule has 1 fully saturated rings. The second kappa shape index (κ2) is 9.07. The lowest BCUT2D eigenvalue weighted by Crippen LogP contribution is -2.50. The first kappa shape index (κ1) is 22.9. The van der Waals surface area contributed by atoms with Crippen LogP contribution < -0.4 is 5.56 Å².